The summed E-state index contributed by atoms with van der Waals surface area (Å²) in [7, 11) is 0. The van der Waals surface area contributed by atoms with Crippen LogP contribution in [0.15, 0.2) is 4.42 Å². The van der Waals surface area contributed by atoms with Crippen molar-refractivity contribution in [1.82, 2.24) is 10.2 Å². The highest BCUT2D eigenvalue weighted by Crippen LogP contribution is 2.10. The molecule has 0 saturated carbocycles. The minimum atomic E-state index is -0.205. The van der Waals surface area contributed by atoms with Crippen LogP contribution in [0.1, 0.15) is 18.9 Å². The maximum atomic E-state index is 5.55. The Kier molecular flexibility index (Phi) is 4.04. The molecule has 1 aromatic rings. The van der Waals surface area contributed by atoms with E-state index in [1.165, 1.54) is 0 Å². The summed E-state index contributed by atoms with van der Waals surface area (Å²) in [5, 5.41) is 10.6. The number of thioether (sulfide) groups is 1. The van der Waals surface area contributed by atoms with Crippen LogP contribution in [0.2, 0.25) is 0 Å². The number of nitrogens with two attached hydrogens (primary N) is 1. The van der Waals surface area contributed by atoms with Gasteiger partial charge >= 0.3 is 6.01 Å². The third-order valence-electron chi connectivity index (χ3n) is 1.41. The second-order valence-corrected chi connectivity index (χ2v) is 3.64. The molecule has 1 atom stereocenters. The molecule has 0 saturated heterocycles. The summed E-state index contributed by atoms with van der Waals surface area (Å²) in [6.45, 7) is 2.63. The van der Waals surface area contributed by atoms with E-state index in [9.17, 15) is 0 Å². The summed E-state index contributed by atoms with van der Waals surface area (Å²) >= 11 is 1.76. The Bertz CT molecular complexity index is 250. The van der Waals surface area contributed by atoms with Crippen LogP contribution in [-0.4, -0.2) is 28.8 Å². The monoisotopic (exact) mass is 202 g/mol. The molecule has 0 aromatic carbocycles. The summed E-state index contributed by atoms with van der Waals surface area (Å²) in [4.78, 5) is 0. The standard InChI is InChI=1S/C7H14N4OS/c1-5(8)6-10-11-7(12-6)9-3-4-13-2/h5H,3-4,8H2,1-2H3,(H,9,11). The Balaban J connectivity index is 2.40. The highest BCUT2D eigenvalue weighted by molar-refractivity contribution is 7.98. The highest BCUT2D eigenvalue weighted by Gasteiger charge is 2.08. The number of nitrogens with one attached hydrogen (secondary N) is 1. The van der Waals surface area contributed by atoms with Gasteiger partial charge in [0.2, 0.25) is 5.89 Å². The van der Waals surface area contributed by atoms with Crippen molar-refractivity contribution in [2.45, 2.75) is 13.0 Å². The van der Waals surface area contributed by atoms with Crippen LogP contribution in [0.5, 0.6) is 0 Å². The van der Waals surface area contributed by atoms with Crippen molar-refractivity contribution >= 4 is 17.8 Å². The molecule has 3 N–H and O–H groups in total. The third-order valence-corrected chi connectivity index (χ3v) is 2.02. The van der Waals surface area contributed by atoms with Crippen molar-refractivity contribution in [3.05, 3.63) is 5.89 Å². The molecular weight excluding hydrogens is 188 g/mol. The van der Waals surface area contributed by atoms with Gasteiger partial charge in [0.1, 0.15) is 0 Å². The molecule has 0 amide bonds. The van der Waals surface area contributed by atoms with Crippen molar-refractivity contribution in [2.75, 3.05) is 23.9 Å². The van der Waals surface area contributed by atoms with E-state index in [2.05, 4.69) is 15.5 Å². The molecule has 6 heteroatoms. The minimum Gasteiger partial charge on any atom is -0.406 e. The Hall–Kier alpha value is -0.750. The molecule has 1 rings (SSSR count). The van der Waals surface area contributed by atoms with Crippen molar-refractivity contribution in [2.24, 2.45) is 5.73 Å². The van der Waals surface area contributed by atoms with E-state index in [0.717, 1.165) is 12.3 Å². The van der Waals surface area contributed by atoms with Gasteiger partial charge in [-0.15, -0.1) is 5.10 Å². The molecule has 0 spiro atoms. The summed E-state index contributed by atoms with van der Waals surface area (Å²) in [6, 6.07) is 0.241. The zero-order chi connectivity index (χ0) is 9.68. The first-order chi connectivity index (χ1) is 6.24. The van der Waals surface area contributed by atoms with Crippen LogP contribution in [0.4, 0.5) is 6.01 Å². The fourth-order valence-electron chi connectivity index (χ4n) is 0.750. The summed E-state index contributed by atoms with van der Waals surface area (Å²) < 4.78 is 5.22. The first-order valence-electron chi connectivity index (χ1n) is 4.06. The first kappa shape index (κ1) is 10.3. The first-order valence-corrected chi connectivity index (χ1v) is 5.45. The van der Waals surface area contributed by atoms with Gasteiger partial charge in [-0.3, -0.25) is 0 Å². The normalized spacial score (nSPS) is 12.8. The second kappa shape index (κ2) is 5.08. The van der Waals surface area contributed by atoms with Gasteiger partial charge in [0.25, 0.3) is 0 Å². The molecule has 0 aliphatic rings. The molecule has 0 bridgehead atoms. The second-order valence-electron chi connectivity index (χ2n) is 2.65. The van der Waals surface area contributed by atoms with Crippen LogP contribution in [0, 0.1) is 0 Å². The van der Waals surface area contributed by atoms with E-state index in [4.69, 9.17) is 10.2 Å². The molecule has 1 unspecified atom stereocenters. The van der Waals surface area contributed by atoms with Gasteiger partial charge in [0.05, 0.1) is 6.04 Å². The van der Waals surface area contributed by atoms with Crippen molar-refractivity contribution < 1.29 is 4.42 Å². The summed E-state index contributed by atoms with van der Waals surface area (Å²) in [5.74, 6) is 1.47. The van der Waals surface area contributed by atoms with Crippen LogP contribution in [0.3, 0.4) is 0 Å². The predicted molar refractivity (Wildman–Crippen MR) is 53.8 cm³/mol. The number of anilines is 1. The van der Waals surface area contributed by atoms with E-state index >= 15 is 0 Å². The van der Waals surface area contributed by atoms with Gasteiger partial charge in [0, 0.05) is 12.3 Å². The molecule has 0 fully saturated rings. The fourth-order valence-corrected chi connectivity index (χ4v) is 1.06. The maximum absolute atomic E-state index is 5.55. The fraction of sp³-hybridized carbons (Fsp3) is 0.714. The highest BCUT2D eigenvalue weighted by atomic mass is 32.2. The molecule has 5 nitrogen and oxygen atoms in total. The van der Waals surface area contributed by atoms with Gasteiger partial charge in [-0.25, -0.2) is 0 Å². The van der Waals surface area contributed by atoms with Gasteiger partial charge in [-0.2, -0.15) is 11.8 Å². The smallest absolute Gasteiger partial charge is 0.315 e. The Morgan fingerprint density at radius 2 is 2.38 bits per heavy atom. The topological polar surface area (TPSA) is 77.0 Å². The molecular formula is C7H14N4OS. The van der Waals surface area contributed by atoms with E-state index in [-0.39, 0.29) is 6.04 Å². The van der Waals surface area contributed by atoms with E-state index in [1.807, 2.05) is 6.26 Å². The lowest BCUT2D eigenvalue weighted by Gasteiger charge is -1.98. The molecule has 1 heterocycles. The lowest BCUT2D eigenvalue weighted by Crippen LogP contribution is -2.05. The zero-order valence-electron chi connectivity index (χ0n) is 7.78. The Morgan fingerprint density at radius 3 is 2.92 bits per heavy atom. The Labute approximate surface area is 81.5 Å². The van der Waals surface area contributed by atoms with E-state index in [0.29, 0.717) is 11.9 Å². The number of hydrogen-bond acceptors (Lipinski definition) is 6. The van der Waals surface area contributed by atoms with E-state index in [1.54, 1.807) is 18.7 Å². The molecule has 74 valence electrons. The SMILES string of the molecule is CSCCNc1nnc(C(C)N)o1. The molecule has 1 aromatic heterocycles. The third kappa shape index (κ3) is 3.23. The molecule has 13 heavy (non-hydrogen) atoms. The molecule has 0 aliphatic heterocycles. The van der Waals surface area contributed by atoms with Crippen molar-refractivity contribution in [3.63, 3.8) is 0 Å². The lowest BCUT2D eigenvalue weighted by molar-refractivity contribution is 0.473. The van der Waals surface area contributed by atoms with Gasteiger partial charge < -0.3 is 15.5 Å². The van der Waals surface area contributed by atoms with Crippen LogP contribution >= 0.6 is 11.8 Å². The maximum Gasteiger partial charge on any atom is 0.315 e. The number of nitrogens with zero attached hydrogens (tertiary/aromatic N) is 2. The van der Waals surface area contributed by atoms with Crippen LogP contribution < -0.4 is 11.1 Å². The Morgan fingerprint density at radius 1 is 1.62 bits per heavy atom. The summed E-state index contributed by atoms with van der Waals surface area (Å²) in [5.41, 5.74) is 5.55. The van der Waals surface area contributed by atoms with Crippen LogP contribution in [0.25, 0.3) is 0 Å². The average Bonchev–Trinajstić information content (AvgIpc) is 2.53. The lowest BCUT2D eigenvalue weighted by atomic mass is 10.4. The number of aromatic nitrogens is 2. The van der Waals surface area contributed by atoms with Gasteiger partial charge in [-0.1, -0.05) is 5.10 Å². The largest absolute Gasteiger partial charge is 0.406 e. The van der Waals surface area contributed by atoms with Crippen LogP contribution in [-0.2, 0) is 0 Å². The predicted octanol–water partition coefficient (Wildman–Crippen LogP) is 0.864. The number of hydrogen-bond donors (Lipinski definition) is 2. The van der Waals surface area contributed by atoms with Gasteiger partial charge in [-0.05, 0) is 13.2 Å². The number of rotatable bonds is 5. The average molecular weight is 202 g/mol. The van der Waals surface area contributed by atoms with Crippen molar-refractivity contribution in [3.8, 4) is 0 Å². The summed E-state index contributed by atoms with van der Waals surface area (Å²) in [6.07, 6.45) is 2.04. The minimum absolute atomic E-state index is 0.205. The zero-order valence-corrected chi connectivity index (χ0v) is 8.60. The quantitative estimate of drug-likeness (QED) is 0.690. The van der Waals surface area contributed by atoms with Gasteiger partial charge in [0.15, 0.2) is 0 Å². The van der Waals surface area contributed by atoms with E-state index < -0.39 is 0 Å². The molecule has 0 aliphatic carbocycles. The molecule has 0 radical (unpaired) electrons. The van der Waals surface area contributed by atoms with Crippen molar-refractivity contribution in [1.29, 1.82) is 0 Å².